The van der Waals surface area contributed by atoms with Crippen LogP contribution in [0.3, 0.4) is 0 Å². The Morgan fingerprint density at radius 3 is 2.50 bits per heavy atom. The van der Waals surface area contributed by atoms with Gasteiger partial charge in [-0.1, -0.05) is 18.2 Å². The number of para-hydroxylation sites is 1. The Morgan fingerprint density at radius 1 is 1.29 bits per heavy atom. The number of esters is 1. The topological polar surface area (TPSA) is 68.6 Å². The van der Waals surface area contributed by atoms with Crippen molar-refractivity contribution >= 4 is 26.9 Å². The molecular formula is C17H22N2O4S. The van der Waals surface area contributed by atoms with Crippen molar-refractivity contribution in [1.29, 1.82) is 0 Å². The highest BCUT2D eigenvalue weighted by molar-refractivity contribution is 7.88. The lowest BCUT2D eigenvalue weighted by Gasteiger charge is -2.41. The second kappa shape index (κ2) is 5.89. The third kappa shape index (κ3) is 2.61. The summed E-state index contributed by atoms with van der Waals surface area (Å²) in [5.41, 5.74) is 2.41. The number of methoxy groups -OCH3 is 1. The Bertz CT molecular complexity index is 895. The maximum atomic E-state index is 12.2. The lowest BCUT2D eigenvalue weighted by Crippen LogP contribution is -2.52. The monoisotopic (exact) mass is 350 g/mol. The summed E-state index contributed by atoms with van der Waals surface area (Å²) in [5, 5.41) is 0.869. The van der Waals surface area contributed by atoms with E-state index in [1.807, 2.05) is 31.2 Å². The smallest absolute Gasteiger partial charge is 0.340 e. The number of hydrogen-bond acceptors (Lipinski definition) is 4. The third-order valence-electron chi connectivity index (χ3n) is 4.98. The van der Waals surface area contributed by atoms with E-state index < -0.39 is 10.0 Å². The van der Waals surface area contributed by atoms with E-state index in [9.17, 15) is 13.2 Å². The maximum absolute atomic E-state index is 12.2. The van der Waals surface area contributed by atoms with Crippen LogP contribution in [0.25, 0.3) is 10.9 Å². The summed E-state index contributed by atoms with van der Waals surface area (Å²) in [6, 6.07) is 7.83. The van der Waals surface area contributed by atoms with E-state index in [2.05, 4.69) is 11.5 Å². The first-order valence-corrected chi connectivity index (χ1v) is 9.73. The molecule has 1 aromatic heterocycles. The fourth-order valence-electron chi connectivity index (χ4n) is 3.53. The Hall–Kier alpha value is -1.86. The number of ether oxygens (including phenoxy) is 1. The molecule has 1 unspecified atom stereocenters. The molecule has 1 atom stereocenters. The quantitative estimate of drug-likeness (QED) is 0.793. The van der Waals surface area contributed by atoms with Gasteiger partial charge in [-0.2, -0.15) is 0 Å². The van der Waals surface area contributed by atoms with E-state index >= 15 is 0 Å². The number of rotatable bonds is 4. The molecule has 0 spiro atoms. The minimum absolute atomic E-state index is 0.0892. The van der Waals surface area contributed by atoms with Gasteiger partial charge >= 0.3 is 5.97 Å². The molecule has 24 heavy (non-hydrogen) atoms. The molecule has 0 saturated carbocycles. The molecule has 0 bridgehead atoms. The van der Waals surface area contributed by atoms with E-state index in [0.717, 1.165) is 16.6 Å². The Morgan fingerprint density at radius 2 is 1.92 bits per heavy atom. The summed E-state index contributed by atoms with van der Waals surface area (Å²) in [7, 11) is -1.75. The van der Waals surface area contributed by atoms with Crippen molar-refractivity contribution in [2.24, 2.45) is 5.92 Å². The van der Waals surface area contributed by atoms with Crippen molar-refractivity contribution in [1.82, 2.24) is 8.87 Å². The lowest BCUT2D eigenvalue weighted by atomic mass is 9.94. The Balaban J connectivity index is 2.01. The predicted molar refractivity (Wildman–Crippen MR) is 92.6 cm³/mol. The van der Waals surface area contributed by atoms with Crippen LogP contribution in [0.2, 0.25) is 0 Å². The predicted octanol–water partition coefficient (Wildman–Crippen LogP) is 2.19. The van der Waals surface area contributed by atoms with Crippen LogP contribution in [0.5, 0.6) is 0 Å². The average Bonchev–Trinajstić information content (AvgIpc) is 2.75. The zero-order chi connectivity index (χ0) is 17.6. The summed E-state index contributed by atoms with van der Waals surface area (Å²) >= 11 is 0. The van der Waals surface area contributed by atoms with Crippen LogP contribution in [0.1, 0.15) is 29.0 Å². The fourth-order valence-corrected chi connectivity index (χ4v) is 4.46. The minimum Gasteiger partial charge on any atom is -0.465 e. The molecule has 0 radical (unpaired) electrons. The number of fused-ring (bicyclic) bond motifs is 1. The molecule has 1 saturated heterocycles. The van der Waals surface area contributed by atoms with Crippen LogP contribution in [-0.4, -0.2) is 49.7 Å². The standard InChI is InChI=1S/C17H22N2O4S/c1-11(13-9-18(10-13)24(4,21)22)19-12(2)16(17(20)23-3)14-7-5-6-8-15(14)19/h5-8,11,13H,9-10H2,1-4H3. The molecule has 1 aliphatic heterocycles. The SMILES string of the molecule is COC(=O)c1c(C)n(C(C)C2CN(S(C)(=O)=O)C2)c2ccccc12. The van der Waals surface area contributed by atoms with Gasteiger partial charge in [0, 0.05) is 41.6 Å². The molecule has 2 heterocycles. The second-order valence-corrected chi connectivity index (χ2v) is 8.40. The molecule has 2 aromatic rings. The van der Waals surface area contributed by atoms with Gasteiger partial charge < -0.3 is 9.30 Å². The van der Waals surface area contributed by atoms with Crippen LogP contribution in [0.4, 0.5) is 0 Å². The van der Waals surface area contributed by atoms with E-state index in [-0.39, 0.29) is 17.9 Å². The van der Waals surface area contributed by atoms with Crippen LogP contribution < -0.4 is 0 Å². The molecule has 1 aliphatic rings. The highest BCUT2D eigenvalue weighted by Crippen LogP contribution is 2.36. The molecule has 1 aromatic carbocycles. The zero-order valence-corrected chi connectivity index (χ0v) is 15.1. The van der Waals surface area contributed by atoms with Gasteiger partial charge in [-0.3, -0.25) is 0 Å². The summed E-state index contributed by atoms with van der Waals surface area (Å²) in [6.45, 7) is 5.01. The van der Waals surface area contributed by atoms with Crippen molar-refractivity contribution in [2.75, 3.05) is 26.5 Å². The van der Waals surface area contributed by atoms with Gasteiger partial charge in [0.25, 0.3) is 0 Å². The number of nitrogens with zero attached hydrogens (tertiary/aromatic N) is 2. The summed E-state index contributed by atoms with van der Waals surface area (Å²) < 4.78 is 31.7. The van der Waals surface area contributed by atoms with Crippen molar-refractivity contribution < 1.29 is 17.9 Å². The molecule has 1 fully saturated rings. The lowest BCUT2D eigenvalue weighted by molar-refractivity contribution is 0.0601. The van der Waals surface area contributed by atoms with Gasteiger partial charge in [0.2, 0.25) is 10.0 Å². The summed E-state index contributed by atoms with van der Waals surface area (Å²) in [6.07, 6.45) is 1.24. The molecule has 6 nitrogen and oxygen atoms in total. The van der Waals surface area contributed by atoms with Gasteiger partial charge in [-0.15, -0.1) is 0 Å². The normalized spacial score (nSPS) is 17.7. The van der Waals surface area contributed by atoms with Crippen molar-refractivity contribution in [3.63, 3.8) is 0 Å². The van der Waals surface area contributed by atoms with Crippen molar-refractivity contribution in [2.45, 2.75) is 19.9 Å². The molecule has 3 rings (SSSR count). The highest BCUT2D eigenvalue weighted by atomic mass is 32.2. The molecule has 7 heteroatoms. The molecule has 0 N–H and O–H groups in total. The second-order valence-electron chi connectivity index (χ2n) is 6.42. The number of sulfonamides is 1. The van der Waals surface area contributed by atoms with E-state index in [4.69, 9.17) is 4.74 Å². The van der Waals surface area contributed by atoms with Gasteiger partial charge in [0.05, 0.1) is 18.9 Å². The van der Waals surface area contributed by atoms with Gasteiger partial charge in [-0.25, -0.2) is 17.5 Å². The Kier molecular flexibility index (Phi) is 4.17. The first kappa shape index (κ1) is 17.0. The largest absolute Gasteiger partial charge is 0.465 e. The van der Waals surface area contributed by atoms with Crippen LogP contribution in [0.15, 0.2) is 24.3 Å². The van der Waals surface area contributed by atoms with Gasteiger partial charge in [0.1, 0.15) is 0 Å². The molecule has 130 valence electrons. The summed E-state index contributed by atoms with van der Waals surface area (Å²) in [4.78, 5) is 12.2. The number of carbonyl (C=O) groups is 1. The van der Waals surface area contributed by atoms with Crippen molar-refractivity contribution in [3.8, 4) is 0 Å². The van der Waals surface area contributed by atoms with Crippen molar-refractivity contribution in [3.05, 3.63) is 35.5 Å². The molecular weight excluding hydrogens is 328 g/mol. The number of carbonyl (C=O) groups excluding carboxylic acids is 1. The van der Waals surface area contributed by atoms with Gasteiger partial charge in [-0.05, 0) is 19.9 Å². The molecule has 0 aliphatic carbocycles. The van der Waals surface area contributed by atoms with E-state index in [1.54, 1.807) is 0 Å². The van der Waals surface area contributed by atoms with E-state index in [0.29, 0.717) is 18.7 Å². The Labute approximate surface area is 142 Å². The molecule has 0 amide bonds. The zero-order valence-electron chi connectivity index (χ0n) is 14.3. The summed E-state index contributed by atoms with van der Waals surface area (Å²) in [5.74, 6) is -0.124. The van der Waals surface area contributed by atoms with Crippen LogP contribution >= 0.6 is 0 Å². The fraction of sp³-hybridized carbons (Fsp3) is 0.471. The first-order valence-electron chi connectivity index (χ1n) is 7.88. The average molecular weight is 350 g/mol. The number of aromatic nitrogens is 1. The highest BCUT2D eigenvalue weighted by Gasteiger charge is 2.38. The first-order chi connectivity index (χ1) is 11.3. The van der Waals surface area contributed by atoms with Crippen LogP contribution in [0, 0.1) is 12.8 Å². The number of hydrogen-bond donors (Lipinski definition) is 0. The third-order valence-corrected chi connectivity index (χ3v) is 6.22. The number of benzene rings is 1. The van der Waals surface area contributed by atoms with Gasteiger partial charge in [0.15, 0.2) is 0 Å². The van der Waals surface area contributed by atoms with E-state index in [1.165, 1.54) is 17.7 Å². The minimum atomic E-state index is -3.13. The maximum Gasteiger partial charge on any atom is 0.340 e. The van der Waals surface area contributed by atoms with Crippen LogP contribution in [-0.2, 0) is 14.8 Å².